The van der Waals surface area contributed by atoms with Gasteiger partial charge in [-0.05, 0) is 12.1 Å². The van der Waals surface area contributed by atoms with Crippen LogP contribution in [-0.4, -0.2) is 11.0 Å². The highest BCUT2D eigenvalue weighted by Gasteiger charge is 2.03. The number of amides is 1. The molecule has 0 heterocycles. The molecule has 3 N–H and O–H groups in total. The van der Waals surface area contributed by atoms with Crippen LogP contribution in [0.25, 0.3) is 0 Å². The molecule has 1 amide bonds. The minimum atomic E-state index is -5.39. The molecular weight excluding hydrogens is 225 g/mol. The molecule has 0 radical (unpaired) electrons. The maximum atomic E-state index is 10.5. The molecule has 7 nitrogen and oxygen atoms in total. The standard InChI is InChI=1S/C7H7NO2.H3O4P/c8-7(10)5-3-1-2-4-6(5)9;1-5(2,3)4/h1-4,9H,(H2,8,10);(H3,1,2,3,4)/p-3. The number of rotatable bonds is 1. The Morgan fingerprint density at radius 3 is 1.93 bits per heavy atom. The zero-order valence-corrected chi connectivity index (χ0v) is 8.22. The van der Waals surface area contributed by atoms with Crippen LogP contribution in [-0.2, 0) is 4.57 Å². The van der Waals surface area contributed by atoms with Crippen LogP contribution in [0.2, 0.25) is 0 Å². The summed E-state index contributed by atoms with van der Waals surface area (Å²) in [5, 5.41) is 8.98. The molecular formula is C7H7NO6P-3. The average molecular weight is 232 g/mol. The molecule has 0 saturated heterocycles. The molecule has 1 aromatic carbocycles. The lowest BCUT2D eigenvalue weighted by atomic mass is 10.2. The van der Waals surface area contributed by atoms with E-state index in [-0.39, 0.29) is 11.3 Å². The first kappa shape index (κ1) is 13.6. The highest BCUT2D eigenvalue weighted by Crippen LogP contribution is 2.13. The van der Waals surface area contributed by atoms with Gasteiger partial charge in [-0.2, -0.15) is 7.82 Å². The summed E-state index contributed by atoms with van der Waals surface area (Å²) in [4.78, 5) is 36.1. The lowest BCUT2D eigenvalue weighted by Crippen LogP contribution is -2.24. The van der Waals surface area contributed by atoms with Gasteiger partial charge in [0, 0.05) is 0 Å². The molecule has 0 fully saturated rings. The number of carbonyl (C=O) groups is 1. The molecule has 0 aliphatic rings. The number of phenols is 1. The van der Waals surface area contributed by atoms with Gasteiger partial charge >= 0.3 is 0 Å². The van der Waals surface area contributed by atoms with E-state index in [1.54, 1.807) is 12.1 Å². The zero-order chi connectivity index (χ0) is 12.1. The van der Waals surface area contributed by atoms with E-state index in [1.165, 1.54) is 12.1 Å². The zero-order valence-electron chi connectivity index (χ0n) is 7.32. The van der Waals surface area contributed by atoms with Crippen molar-refractivity contribution < 1.29 is 29.1 Å². The predicted molar refractivity (Wildman–Crippen MR) is 44.2 cm³/mol. The summed E-state index contributed by atoms with van der Waals surface area (Å²) in [6.07, 6.45) is 0. The van der Waals surface area contributed by atoms with Crippen LogP contribution in [0.3, 0.4) is 0 Å². The van der Waals surface area contributed by atoms with Crippen LogP contribution < -0.4 is 20.4 Å². The number of carbonyl (C=O) groups excluding carboxylic acids is 1. The van der Waals surface area contributed by atoms with Crippen molar-refractivity contribution in [1.29, 1.82) is 0 Å². The van der Waals surface area contributed by atoms with E-state index in [4.69, 9.17) is 30.1 Å². The summed E-state index contributed by atoms with van der Waals surface area (Å²) in [7, 11) is -5.39. The monoisotopic (exact) mass is 232 g/mol. The molecule has 1 aromatic rings. The van der Waals surface area contributed by atoms with Crippen LogP contribution in [0.1, 0.15) is 10.4 Å². The molecule has 0 aliphatic carbocycles. The van der Waals surface area contributed by atoms with E-state index in [2.05, 4.69) is 0 Å². The first-order valence-electron chi connectivity index (χ1n) is 3.52. The van der Waals surface area contributed by atoms with E-state index < -0.39 is 13.7 Å². The second kappa shape index (κ2) is 5.47. The molecule has 15 heavy (non-hydrogen) atoms. The van der Waals surface area contributed by atoms with Crippen LogP contribution in [0.15, 0.2) is 24.3 Å². The van der Waals surface area contributed by atoms with Crippen LogP contribution in [0, 0.1) is 0 Å². The Bertz CT molecular complexity index is 379. The van der Waals surface area contributed by atoms with Gasteiger partial charge in [-0.25, -0.2) is 0 Å². The van der Waals surface area contributed by atoms with Crippen molar-refractivity contribution in [3.8, 4) is 5.75 Å². The Labute approximate surface area is 85.0 Å². The van der Waals surface area contributed by atoms with E-state index >= 15 is 0 Å². The number of primary amides is 1. The number of hydrogen-bond donors (Lipinski definition) is 2. The smallest absolute Gasteiger partial charge is 0.252 e. The molecule has 84 valence electrons. The fraction of sp³-hybridized carbons (Fsp3) is 0. The van der Waals surface area contributed by atoms with Crippen molar-refractivity contribution in [2.75, 3.05) is 0 Å². The van der Waals surface area contributed by atoms with Gasteiger partial charge in [0.2, 0.25) is 0 Å². The Hall–Kier alpha value is -1.40. The fourth-order valence-electron chi connectivity index (χ4n) is 0.682. The maximum Gasteiger partial charge on any atom is 0.252 e. The fourth-order valence-corrected chi connectivity index (χ4v) is 0.682. The van der Waals surface area contributed by atoms with Gasteiger partial charge in [-0.15, -0.1) is 0 Å². The number of hydrogen-bond acceptors (Lipinski definition) is 6. The summed E-state index contributed by atoms with van der Waals surface area (Å²) >= 11 is 0. The summed E-state index contributed by atoms with van der Waals surface area (Å²) < 4.78 is 8.55. The Morgan fingerprint density at radius 1 is 1.27 bits per heavy atom. The second-order valence-corrected chi connectivity index (χ2v) is 3.22. The molecule has 1 rings (SSSR count). The molecule has 0 aliphatic heterocycles. The highest BCUT2D eigenvalue weighted by molar-refractivity contribution is 7.40. The van der Waals surface area contributed by atoms with Crippen molar-refractivity contribution in [3.05, 3.63) is 29.8 Å². The van der Waals surface area contributed by atoms with Gasteiger partial charge in [0.05, 0.1) is 5.56 Å². The summed E-state index contributed by atoms with van der Waals surface area (Å²) in [6, 6.07) is 6.15. The van der Waals surface area contributed by atoms with Gasteiger partial charge < -0.3 is 30.1 Å². The molecule has 0 atom stereocenters. The largest absolute Gasteiger partial charge is 0.822 e. The third kappa shape index (κ3) is 7.65. The minimum absolute atomic E-state index is 0.0741. The van der Waals surface area contributed by atoms with Crippen molar-refractivity contribution in [1.82, 2.24) is 0 Å². The van der Waals surface area contributed by atoms with Gasteiger partial charge in [0.1, 0.15) is 5.75 Å². The first-order chi connectivity index (χ1) is 6.72. The molecule has 0 bridgehead atoms. The first-order valence-corrected chi connectivity index (χ1v) is 4.98. The molecule has 0 unspecified atom stereocenters. The second-order valence-electron chi connectivity index (χ2n) is 2.33. The normalized spacial score (nSPS) is 10.1. The third-order valence-electron chi connectivity index (χ3n) is 1.17. The summed E-state index contributed by atoms with van der Waals surface area (Å²) in [6.45, 7) is 0. The third-order valence-corrected chi connectivity index (χ3v) is 1.17. The molecule has 0 aromatic heterocycles. The van der Waals surface area contributed by atoms with Crippen molar-refractivity contribution in [2.24, 2.45) is 5.73 Å². The molecule has 8 heteroatoms. The van der Waals surface area contributed by atoms with E-state index in [1.807, 2.05) is 0 Å². The number of para-hydroxylation sites is 1. The van der Waals surface area contributed by atoms with Crippen LogP contribution in [0.5, 0.6) is 5.75 Å². The van der Waals surface area contributed by atoms with E-state index in [0.717, 1.165) is 0 Å². The average Bonchev–Trinajstić information content (AvgIpc) is 2.01. The Kier molecular flexibility index (Phi) is 4.96. The lowest BCUT2D eigenvalue weighted by molar-refractivity contribution is -0.432. The van der Waals surface area contributed by atoms with Gasteiger partial charge in [-0.1, -0.05) is 12.1 Å². The summed E-state index contributed by atoms with van der Waals surface area (Å²) in [5.74, 6) is -0.687. The van der Waals surface area contributed by atoms with Crippen molar-refractivity contribution in [2.45, 2.75) is 0 Å². The SMILES string of the molecule is NC(=O)c1ccccc1O.O=P([O-])([O-])[O-]. The minimum Gasteiger partial charge on any atom is -0.822 e. The lowest BCUT2D eigenvalue weighted by Gasteiger charge is -2.36. The van der Waals surface area contributed by atoms with Crippen LogP contribution >= 0.6 is 7.82 Å². The number of nitrogens with two attached hydrogens (primary N) is 1. The van der Waals surface area contributed by atoms with Crippen LogP contribution in [0.4, 0.5) is 0 Å². The van der Waals surface area contributed by atoms with Gasteiger partial charge in [0.15, 0.2) is 0 Å². The van der Waals surface area contributed by atoms with Crippen molar-refractivity contribution >= 4 is 13.7 Å². The number of phosphoric acid groups is 1. The highest BCUT2D eigenvalue weighted by atomic mass is 31.2. The number of aromatic hydroxyl groups is 1. The molecule has 0 spiro atoms. The Morgan fingerprint density at radius 2 is 1.67 bits per heavy atom. The van der Waals surface area contributed by atoms with Gasteiger partial charge in [0.25, 0.3) is 5.91 Å². The maximum absolute atomic E-state index is 10.5. The number of benzene rings is 1. The molecule has 0 saturated carbocycles. The quantitative estimate of drug-likeness (QED) is 0.518. The predicted octanol–water partition coefficient (Wildman–Crippen LogP) is -2.33. The van der Waals surface area contributed by atoms with E-state index in [9.17, 15) is 4.79 Å². The summed E-state index contributed by atoms with van der Waals surface area (Å²) in [5.41, 5.74) is 5.07. The van der Waals surface area contributed by atoms with E-state index in [0.29, 0.717) is 0 Å². The van der Waals surface area contributed by atoms with Gasteiger partial charge in [-0.3, -0.25) is 4.79 Å². The Balaban J connectivity index is 0.000000336. The topological polar surface area (TPSA) is 150 Å². The van der Waals surface area contributed by atoms with Crippen molar-refractivity contribution in [3.63, 3.8) is 0 Å².